The van der Waals surface area contributed by atoms with Crippen molar-refractivity contribution < 1.29 is 4.79 Å². The lowest BCUT2D eigenvalue weighted by Gasteiger charge is -2.15. The smallest absolute Gasteiger partial charge is 0.271 e. The van der Waals surface area contributed by atoms with E-state index in [0.29, 0.717) is 16.8 Å². The van der Waals surface area contributed by atoms with Gasteiger partial charge in [-0.2, -0.15) is 0 Å². The molecule has 1 heterocycles. The average molecular weight is 330 g/mol. The maximum Gasteiger partial charge on any atom is 0.271 e. The van der Waals surface area contributed by atoms with Crippen molar-refractivity contribution >= 4 is 23.5 Å². The maximum atomic E-state index is 11.4. The van der Waals surface area contributed by atoms with Gasteiger partial charge in [-0.1, -0.05) is 26.0 Å². The highest BCUT2D eigenvalue weighted by atomic mass is 32.2. The number of hydrogen-bond acceptors (Lipinski definition) is 5. The molecule has 2 aromatic rings. The van der Waals surface area contributed by atoms with Crippen molar-refractivity contribution in [3.05, 3.63) is 47.7 Å². The molecule has 1 atom stereocenters. The van der Waals surface area contributed by atoms with E-state index in [0.717, 1.165) is 0 Å². The average Bonchev–Trinajstić information content (AvgIpc) is 2.55. The third kappa shape index (κ3) is 4.96. The number of carbonyl (C=O) groups is 1. The van der Waals surface area contributed by atoms with Gasteiger partial charge in [0.2, 0.25) is 0 Å². The number of aromatic nitrogens is 2. The fourth-order valence-corrected chi connectivity index (χ4v) is 2.91. The Morgan fingerprint density at radius 3 is 2.26 bits per heavy atom. The van der Waals surface area contributed by atoms with Crippen LogP contribution >= 0.6 is 11.8 Å². The highest BCUT2D eigenvalue weighted by Crippen LogP contribution is 2.25. The number of carbonyl (C=O) groups excluding carboxylic acids is 1. The van der Waals surface area contributed by atoms with Crippen LogP contribution in [0, 0.1) is 0 Å². The predicted molar refractivity (Wildman–Crippen MR) is 94.9 cm³/mol. The van der Waals surface area contributed by atoms with Gasteiger partial charge in [0, 0.05) is 23.2 Å². The Morgan fingerprint density at radius 1 is 1.04 bits per heavy atom. The SMILES string of the molecule is CNC(=O)c1ccc(NC(C)c2ccc(SC(C)C)cc2)nn1. The predicted octanol–water partition coefficient (Wildman–Crippen LogP) is 3.51. The number of thioether (sulfide) groups is 1. The molecule has 5 nitrogen and oxygen atoms in total. The second kappa shape index (κ2) is 7.97. The van der Waals surface area contributed by atoms with Crippen LogP contribution < -0.4 is 10.6 Å². The van der Waals surface area contributed by atoms with Crippen LogP contribution in [0.4, 0.5) is 5.82 Å². The van der Waals surface area contributed by atoms with Crippen molar-refractivity contribution in [1.82, 2.24) is 15.5 Å². The summed E-state index contributed by atoms with van der Waals surface area (Å²) in [4.78, 5) is 12.7. The molecule has 1 aromatic heterocycles. The zero-order valence-corrected chi connectivity index (χ0v) is 14.6. The first-order valence-corrected chi connectivity index (χ1v) is 8.46. The fraction of sp³-hybridized carbons (Fsp3) is 0.353. The number of hydrogen-bond donors (Lipinski definition) is 2. The minimum atomic E-state index is -0.240. The van der Waals surface area contributed by atoms with E-state index in [2.05, 4.69) is 65.9 Å². The van der Waals surface area contributed by atoms with Crippen molar-refractivity contribution in [1.29, 1.82) is 0 Å². The number of nitrogens with zero attached hydrogens (tertiary/aromatic N) is 2. The molecule has 2 N–H and O–H groups in total. The van der Waals surface area contributed by atoms with Crippen LogP contribution in [0.2, 0.25) is 0 Å². The molecule has 0 bridgehead atoms. The van der Waals surface area contributed by atoms with Gasteiger partial charge in [0.25, 0.3) is 5.91 Å². The van der Waals surface area contributed by atoms with E-state index in [1.54, 1.807) is 19.2 Å². The third-order valence-corrected chi connectivity index (χ3v) is 4.26. The second-order valence-corrected chi connectivity index (χ2v) is 7.13. The lowest BCUT2D eigenvalue weighted by atomic mass is 10.1. The van der Waals surface area contributed by atoms with Crippen molar-refractivity contribution in [2.24, 2.45) is 0 Å². The molecule has 1 amide bonds. The summed E-state index contributed by atoms with van der Waals surface area (Å²) in [6.45, 7) is 6.44. The van der Waals surface area contributed by atoms with Crippen LogP contribution in [-0.2, 0) is 0 Å². The molecule has 0 aliphatic carbocycles. The highest BCUT2D eigenvalue weighted by molar-refractivity contribution is 7.99. The van der Waals surface area contributed by atoms with Gasteiger partial charge in [-0.3, -0.25) is 4.79 Å². The topological polar surface area (TPSA) is 66.9 Å². The van der Waals surface area contributed by atoms with Crippen molar-refractivity contribution in [3.63, 3.8) is 0 Å². The van der Waals surface area contributed by atoms with E-state index in [4.69, 9.17) is 0 Å². The molecular formula is C17H22N4OS. The monoisotopic (exact) mass is 330 g/mol. The van der Waals surface area contributed by atoms with Crippen molar-refractivity contribution in [2.45, 2.75) is 37.0 Å². The van der Waals surface area contributed by atoms with Crippen LogP contribution in [0.25, 0.3) is 0 Å². The van der Waals surface area contributed by atoms with Gasteiger partial charge >= 0.3 is 0 Å². The number of nitrogens with one attached hydrogen (secondary N) is 2. The number of amides is 1. The Morgan fingerprint density at radius 2 is 1.74 bits per heavy atom. The van der Waals surface area contributed by atoms with E-state index >= 15 is 0 Å². The lowest BCUT2D eigenvalue weighted by Crippen LogP contribution is -2.20. The van der Waals surface area contributed by atoms with E-state index < -0.39 is 0 Å². The molecule has 0 aliphatic heterocycles. The number of benzene rings is 1. The minimum absolute atomic E-state index is 0.105. The van der Waals surface area contributed by atoms with E-state index in [1.165, 1.54) is 10.5 Å². The summed E-state index contributed by atoms with van der Waals surface area (Å²) in [6.07, 6.45) is 0. The van der Waals surface area contributed by atoms with Gasteiger partial charge in [0.05, 0.1) is 0 Å². The van der Waals surface area contributed by atoms with Gasteiger partial charge in [-0.25, -0.2) is 0 Å². The first-order chi connectivity index (χ1) is 11.0. The molecule has 0 saturated heterocycles. The first kappa shape index (κ1) is 17.3. The lowest BCUT2D eigenvalue weighted by molar-refractivity contribution is 0.0957. The summed E-state index contributed by atoms with van der Waals surface area (Å²) < 4.78 is 0. The standard InChI is InChI=1S/C17H22N4OS/c1-11(2)23-14-7-5-13(6-8-14)12(3)19-16-10-9-15(20-21-16)17(22)18-4/h5-12H,1-4H3,(H,18,22)(H,19,21). The summed E-state index contributed by atoms with van der Waals surface area (Å²) >= 11 is 1.85. The largest absolute Gasteiger partial charge is 0.362 e. The molecule has 2 rings (SSSR count). The summed E-state index contributed by atoms with van der Waals surface area (Å²) in [5.41, 5.74) is 1.48. The van der Waals surface area contributed by atoms with E-state index in [9.17, 15) is 4.79 Å². The normalized spacial score (nSPS) is 12.0. The van der Waals surface area contributed by atoms with E-state index in [-0.39, 0.29) is 11.9 Å². The molecule has 6 heteroatoms. The Kier molecular flexibility index (Phi) is 5.98. The molecule has 0 fully saturated rings. The summed E-state index contributed by atoms with van der Waals surface area (Å²) in [7, 11) is 1.57. The molecule has 0 radical (unpaired) electrons. The zero-order valence-electron chi connectivity index (χ0n) is 13.8. The Bertz CT molecular complexity index is 641. The Labute approximate surface area is 141 Å². The molecule has 122 valence electrons. The van der Waals surface area contributed by atoms with Gasteiger partial charge in [-0.15, -0.1) is 22.0 Å². The van der Waals surface area contributed by atoms with Crippen LogP contribution in [-0.4, -0.2) is 28.4 Å². The van der Waals surface area contributed by atoms with Crippen LogP contribution in [0.5, 0.6) is 0 Å². The second-order valence-electron chi connectivity index (χ2n) is 5.48. The van der Waals surface area contributed by atoms with Gasteiger partial charge in [-0.05, 0) is 36.8 Å². The van der Waals surface area contributed by atoms with Gasteiger partial charge in [0.15, 0.2) is 5.69 Å². The third-order valence-electron chi connectivity index (χ3n) is 3.24. The molecule has 1 aromatic carbocycles. The van der Waals surface area contributed by atoms with Crippen LogP contribution in [0.3, 0.4) is 0 Å². The number of anilines is 1. The zero-order chi connectivity index (χ0) is 16.8. The molecule has 1 unspecified atom stereocenters. The van der Waals surface area contributed by atoms with E-state index in [1.807, 2.05) is 11.8 Å². The minimum Gasteiger partial charge on any atom is -0.362 e. The van der Waals surface area contributed by atoms with Crippen molar-refractivity contribution in [2.75, 3.05) is 12.4 Å². The Hall–Kier alpha value is -2.08. The maximum absolute atomic E-state index is 11.4. The molecule has 0 aliphatic rings. The van der Waals surface area contributed by atoms with Gasteiger partial charge in [0.1, 0.15) is 5.82 Å². The van der Waals surface area contributed by atoms with Crippen LogP contribution in [0.15, 0.2) is 41.3 Å². The summed E-state index contributed by atoms with van der Waals surface area (Å²) in [5, 5.41) is 14.3. The van der Waals surface area contributed by atoms with Crippen molar-refractivity contribution in [3.8, 4) is 0 Å². The molecule has 0 saturated carbocycles. The molecule has 23 heavy (non-hydrogen) atoms. The Balaban J connectivity index is 2.00. The number of rotatable bonds is 6. The summed E-state index contributed by atoms with van der Waals surface area (Å²) in [5.74, 6) is 0.404. The quantitative estimate of drug-likeness (QED) is 0.793. The fourth-order valence-electron chi connectivity index (χ4n) is 2.07. The first-order valence-electron chi connectivity index (χ1n) is 7.58. The summed E-state index contributed by atoms with van der Waals surface area (Å²) in [6, 6.07) is 12.0. The van der Waals surface area contributed by atoms with Crippen LogP contribution in [0.1, 0.15) is 42.9 Å². The molecular weight excluding hydrogens is 308 g/mol. The highest BCUT2D eigenvalue weighted by Gasteiger charge is 2.09. The molecule has 0 spiro atoms. The van der Waals surface area contributed by atoms with Gasteiger partial charge < -0.3 is 10.6 Å².